The molecule has 2 saturated heterocycles. The lowest BCUT2D eigenvalue weighted by molar-refractivity contribution is -0.119. The molecular weight excluding hydrogens is 516 g/mol. The van der Waals surface area contributed by atoms with Crippen LogP contribution in [0, 0.1) is 11.3 Å². The summed E-state index contributed by atoms with van der Waals surface area (Å²) in [7, 11) is 3.45. The molecule has 3 aliphatic rings. The Hall–Kier alpha value is -4.18. The number of carbonyl (C=O) groups excluding carboxylic acids is 1. The number of fused-ring (bicyclic) bond motifs is 2. The van der Waals surface area contributed by atoms with Gasteiger partial charge in [0.05, 0.1) is 18.7 Å². The molecule has 2 aliphatic heterocycles. The second kappa shape index (κ2) is 10.5. The van der Waals surface area contributed by atoms with E-state index in [0.717, 1.165) is 56.4 Å². The normalized spacial score (nSPS) is 17.4. The van der Waals surface area contributed by atoms with Crippen LogP contribution in [-0.2, 0) is 16.6 Å². The highest BCUT2D eigenvalue weighted by atomic mass is 32.1. The number of carbonyl (C=O) groups is 1. The summed E-state index contributed by atoms with van der Waals surface area (Å²) < 4.78 is 5.38. The van der Waals surface area contributed by atoms with Crippen LogP contribution in [0.3, 0.4) is 0 Å². The number of hydrogen-bond acceptors (Lipinski definition) is 12. The SMILES string of the molecule is COc1nc(N2CC3(CCc4sc(N)c(C#N)c43)C2)nc(N(C)C(C)c2cccnc2N)n1.O=C1CCCN1. The van der Waals surface area contributed by atoms with Gasteiger partial charge in [-0.3, -0.25) is 4.79 Å². The number of methoxy groups -OCH3 is 1. The van der Waals surface area contributed by atoms with Crippen LogP contribution in [0.1, 0.15) is 53.8 Å². The van der Waals surface area contributed by atoms with Gasteiger partial charge in [0.15, 0.2) is 0 Å². The van der Waals surface area contributed by atoms with Crippen LogP contribution in [0.15, 0.2) is 18.3 Å². The maximum Gasteiger partial charge on any atom is 0.322 e. The lowest BCUT2D eigenvalue weighted by Gasteiger charge is -2.48. The van der Waals surface area contributed by atoms with Crippen LogP contribution in [0.5, 0.6) is 6.01 Å². The van der Waals surface area contributed by atoms with Crippen molar-refractivity contribution in [2.45, 2.75) is 44.1 Å². The molecule has 39 heavy (non-hydrogen) atoms. The number of nitrogens with zero attached hydrogens (tertiary/aromatic N) is 7. The molecule has 3 aromatic heterocycles. The van der Waals surface area contributed by atoms with Gasteiger partial charge < -0.3 is 31.3 Å². The van der Waals surface area contributed by atoms with Gasteiger partial charge in [-0.15, -0.1) is 11.3 Å². The van der Waals surface area contributed by atoms with Gasteiger partial charge in [-0.25, -0.2) is 4.98 Å². The van der Waals surface area contributed by atoms with E-state index in [-0.39, 0.29) is 23.4 Å². The van der Waals surface area contributed by atoms with Crippen molar-refractivity contribution in [1.29, 1.82) is 5.26 Å². The van der Waals surface area contributed by atoms with E-state index in [4.69, 9.17) is 21.2 Å². The van der Waals surface area contributed by atoms with E-state index in [1.165, 1.54) is 4.88 Å². The minimum Gasteiger partial charge on any atom is -0.467 e. The quantitative estimate of drug-likeness (QED) is 0.426. The summed E-state index contributed by atoms with van der Waals surface area (Å²) in [5, 5.41) is 12.9. The van der Waals surface area contributed by atoms with Gasteiger partial charge in [-0.05, 0) is 37.8 Å². The highest BCUT2D eigenvalue weighted by Crippen LogP contribution is 2.52. The molecule has 1 atom stereocenters. The monoisotopic (exact) mass is 548 g/mol. The van der Waals surface area contributed by atoms with Crippen LogP contribution in [0.4, 0.5) is 22.7 Å². The zero-order valence-corrected chi connectivity index (χ0v) is 23.1. The first-order valence-corrected chi connectivity index (χ1v) is 13.6. The number of nitrogens with one attached hydrogen (secondary N) is 1. The Morgan fingerprint density at radius 2 is 2.08 bits per heavy atom. The fourth-order valence-electron chi connectivity index (χ4n) is 5.42. The number of amides is 1. The molecule has 3 aromatic rings. The second-order valence-electron chi connectivity index (χ2n) is 10.0. The van der Waals surface area contributed by atoms with Crippen LogP contribution in [-0.4, -0.2) is 59.6 Å². The molecule has 204 valence electrons. The first-order valence-electron chi connectivity index (χ1n) is 12.8. The number of thiophene rings is 1. The van der Waals surface area contributed by atoms with E-state index in [1.54, 1.807) is 24.6 Å². The fraction of sp³-hybridized carbons (Fsp3) is 0.462. The van der Waals surface area contributed by atoms with Gasteiger partial charge in [-0.1, -0.05) is 6.07 Å². The lowest BCUT2D eigenvalue weighted by atomic mass is 9.74. The van der Waals surface area contributed by atoms with Crippen molar-refractivity contribution in [3.05, 3.63) is 39.9 Å². The molecule has 1 spiro atoms. The van der Waals surface area contributed by atoms with Gasteiger partial charge >= 0.3 is 6.01 Å². The van der Waals surface area contributed by atoms with Gasteiger partial charge in [0.1, 0.15) is 16.9 Å². The van der Waals surface area contributed by atoms with E-state index in [0.29, 0.717) is 28.3 Å². The van der Waals surface area contributed by atoms with Crippen molar-refractivity contribution in [2.75, 3.05) is 55.1 Å². The molecule has 0 aromatic carbocycles. The Kier molecular flexibility index (Phi) is 7.14. The average Bonchev–Trinajstić information content (AvgIpc) is 3.63. The molecule has 1 aliphatic carbocycles. The number of nitrogens with two attached hydrogens (primary N) is 2. The molecular formula is C26H32N10O2S. The molecule has 0 bridgehead atoms. The molecule has 12 nitrogen and oxygen atoms in total. The number of rotatable bonds is 5. The van der Waals surface area contributed by atoms with Crippen LogP contribution in [0.2, 0.25) is 0 Å². The fourth-order valence-corrected chi connectivity index (χ4v) is 6.56. The zero-order chi connectivity index (χ0) is 27.7. The summed E-state index contributed by atoms with van der Waals surface area (Å²) in [5.41, 5.74) is 14.8. The van der Waals surface area contributed by atoms with Crippen molar-refractivity contribution >= 4 is 40.0 Å². The highest BCUT2D eigenvalue weighted by molar-refractivity contribution is 7.16. The summed E-state index contributed by atoms with van der Waals surface area (Å²) in [4.78, 5) is 33.3. The molecule has 6 rings (SSSR count). The van der Waals surface area contributed by atoms with Gasteiger partial charge in [0, 0.05) is 55.2 Å². The topological polar surface area (TPSA) is 172 Å². The van der Waals surface area contributed by atoms with E-state index < -0.39 is 0 Å². The number of anilines is 4. The number of hydrogen-bond donors (Lipinski definition) is 3. The van der Waals surface area contributed by atoms with Crippen LogP contribution < -0.4 is 31.3 Å². The Labute approximate surface area is 231 Å². The third-order valence-electron chi connectivity index (χ3n) is 7.65. The van der Waals surface area contributed by atoms with Gasteiger partial charge in [0.2, 0.25) is 17.8 Å². The molecule has 5 heterocycles. The number of ether oxygens (including phenoxy) is 1. The predicted octanol–water partition coefficient (Wildman–Crippen LogP) is 2.17. The van der Waals surface area contributed by atoms with E-state index in [1.807, 2.05) is 31.0 Å². The van der Waals surface area contributed by atoms with Crippen LogP contribution >= 0.6 is 11.3 Å². The highest BCUT2D eigenvalue weighted by Gasteiger charge is 2.52. The van der Waals surface area contributed by atoms with Crippen molar-refractivity contribution in [3.63, 3.8) is 0 Å². The third-order valence-corrected chi connectivity index (χ3v) is 8.72. The number of nitrogen functional groups attached to an aromatic ring is 2. The Balaban J connectivity index is 0.000000455. The van der Waals surface area contributed by atoms with Gasteiger partial charge in [0.25, 0.3) is 0 Å². The molecule has 0 radical (unpaired) electrons. The maximum atomic E-state index is 10.1. The number of nitriles is 1. The van der Waals surface area contributed by atoms with E-state index in [2.05, 4.69) is 31.2 Å². The van der Waals surface area contributed by atoms with Crippen molar-refractivity contribution in [3.8, 4) is 12.1 Å². The number of pyridine rings is 1. The van der Waals surface area contributed by atoms with Crippen LogP contribution in [0.25, 0.3) is 0 Å². The van der Waals surface area contributed by atoms with E-state index >= 15 is 0 Å². The molecule has 5 N–H and O–H groups in total. The minimum absolute atomic E-state index is 0.0715. The molecule has 13 heteroatoms. The predicted molar refractivity (Wildman–Crippen MR) is 150 cm³/mol. The molecule has 2 fully saturated rings. The largest absolute Gasteiger partial charge is 0.467 e. The standard InChI is InChI=1S/C22H25N9OS.C4H7NO/c1-12(13-5-4-8-26-17(13)24)30(2)19-27-20(29-21(28-19)32-3)31-10-22(11-31)7-6-15-16(22)14(9-23)18(25)33-15;6-4-2-1-3-5-4/h4-5,8,12H,6-7,10-11,25H2,1-3H3,(H2,24,26);1-3H2,(H,5,6). The first kappa shape index (κ1) is 26.4. The number of aryl methyl sites for hydroxylation is 1. The van der Waals surface area contributed by atoms with Gasteiger partial charge in [-0.2, -0.15) is 20.2 Å². The number of aromatic nitrogens is 4. The maximum absolute atomic E-state index is 10.1. The summed E-state index contributed by atoms with van der Waals surface area (Å²) >= 11 is 1.54. The summed E-state index contributed by atoms with van der Waals surface area (Å²) in [6.07, 6.45) is 5.39. The smallest absolute Gasteiger partial charge is 0.322 e. The molecule has 0 saturated carbocycles. The molecule has 1 amide bonds. The Morgan fingerprint density at radius 3 is 2.69 bits per heavy atom. The molecule has 1 unspecified atom stereocenters. The summed E-state index contributed by atoms with van der Waals surface area (Å²) in [6.45, 7) is 4.36. The lowest BCUT2D eigenvalue weighted by Crippen LogP contribution is -2.59. The third kappa shape index (κ3) is 4.87. The second-order valence-corrected chi connectivity index (χ2v) is 11.2. The zero-order valence-electron chi connectivity index (χ0n) is 22.3. The van der Waals surface area contributed by atoms with Crippen molar-refractivity contribution < 1.29 is 9.53 Å². The van der Waals surface area contributed by atoms with Crippen molar-refractivity contribution in [1.82, 2.24) is 25.3 Å². The first-order chi connectivity index (χ1) is 18.8. The van der Waals surface area contributed by atoms with Crippen molar-refractivity contribution in [2.24, 2.45) is 0 Å². The minimum atomic E-state index is -0.106. The van der Waals surface area contributed by atoms with E-state index in [9.17, 15) is 10.1 Å². The summed E-state index contributed by atoms with van der Waals surface area (Å²) in [6, 6.07) is 6.26. The average molecular weight is 549 g/mol. The Bertz CT molecular complexity index is 1420. The summed E-state index contributed by atoms with van der Waals surface area (Å²) in [5.74, 6) is 1.71. The Morgan fingerprint density at radius 1 is 1.28 bits per heavy atom.